The summed E-state index contributed by atoms with van der Waals surface area (Å²) in [6.45, 7) is 9.94. The monoisotopic (exact) mass is 348 g/mol. The summed E-state index contributed by atoms with van der Waals surface area (Å²) >= 11 is 0. The fourth-order valence-electron chi connectivity index (χ4n) is 3.73. The van der Waals surface area contributed by atoms with Gasteiger partial charge in [-0.05, 0) is 50.3 Å². The average molecular weight is 348 g/mol. The van der Waals surface area contributed by atoms with Crippen molar-refractivity contribution in [2.45, 2.75) is 59.1 Å². The highest BCUT2D eigenvalue weighted by Crippen LogP contribution is 2.35. The number of ether oxygens (including phenoxy) is 2. The Hall–Kier alpha value is -1.59. The fourth-order valence-corrected chi connectivity index (χ4v) is 3.73. The number of benzene rings is 1. The number of piperidine rings is 1. The smallest absolute Gasteiger partial charge is 0.211 e. The Morgan fingerprint density at radius 1 is 1.28 bits per heavy atom. The van der Waals surface area contributed by atoms with Gasteiger partial charge in [0.1, 0.15) is 5.75 Å². The molecule has 1 N–H and O–H groups in total. The van der Waals surface area contributed by atoms with Crippen molar-refractivity contribution in [3.05, 3.63) is 22.8 Å². The van der Waals surface area contributed by atoms with Gasteiger partial charge in [0, 0.05) is 37.5 Å². The van der Waals surface area contributed by atoms with Crippen molar-refractivity contribution in [2.75, 3.05) is 32.1 Å². The van der Waals surface area contributed by atoms with E-state index in [1.165, 1.54) is 11.1 Å². The summed E-state index contributed by atoms with van der Waals surface area (Å²) in [5, 5.41) is 2.91. The van der Waals surface area contributed by atoms with Crippen LogP contribution in [-0.2, 0) is 22.5 Å². The molecular weight excluding hydrogens is 316 g/mol. The standard InChI is InChI=1S/C20H32N2O3/c1-5-7-17-18(13-22-10-8-16(9-11-22)25-6-2)19(24-4)12-15(3)20(17)21-14-23/h12,14,16H,5-11,13H2,1-4H3,(H,21,23). The first-order valence-corrected chi connectivity index (χ1v) is 9.37. The van der Waals surface area contributed by atoms with Gasteiger partial charge in [0.2, 0.25) is 6.41 Å². The molecule has 0 atom stereocenters. The van der Waals surface area contributed by atoms with Crippen LogP contribution in [0.5, 0.6) is 5.75 Å². The Balaban J connectivity index is 2.25. The first kappa shape index (κ1) is 19.7. The van der Waals surface area contributed by atoms with Crippen LogP contribution in [0.15, 0.2) is 6.07 Å². The van der Waals surface area contributed by atoms with Gasteiger partial charge in [-0.15, -0.1) is 0 Å². The lowest BCUT2D eigenvalue weighted by molar-refractivity contribution is -0.105. The number of carbonyl (C=O) groups excluding carboxylic acids is 1. The molecule has 5 nitrogen and oxygen atoms in total. The molecule has 1 aliphatic heterocycles. The summed E-state index contributed by atoms with van der Waals surface area (Å²) in [5.74, 6) is 0.921. The van der Waals surface area contributed by atoms with Gasteiger partial charge in [-0.2, -0.15) is 0 Å². The van der Waals surface area contributed by atoms with Crippen LogP contribution in [0.1, 0.15) is 49.8 Å². The molecule has 1 aliphatic rings. The zero-order chi connectivity index (χ0) is 18.2. The number of nitrogens with one attached hydrogen (secondary N) is 1. The molecule has 0 bridgehead atoms. The van der Waals surface area contributed by atoms with Crippen molar-refractivity contribution < 1.29 is 14.3 Å². The Bertz CT molecular complexity index is 567. The van der Waals surface area contributed by atoms with Crippen molar-refractivity contribution in [3.8, 4) is 5.75 Å². The van der Waals surface area contributed by atoms with Crippen molar-refractivity contribution in [1.29, 1.82) is 0 Å². The molecule has 0 spiro atoms. The predicted octanol–water partition coefficient (Wildman–Crippen LogP) is 3.53. The minimum Gasteiger partial charge on any atom is -0.496 e. The van der Waals surface area contributed by atoms with E-state index in [1.807, 2.05) is 13.0 Å². The Labute approximate surface area is 151 Å². The summed E-state index contributed by atoms with van der Waals surface area (Å²) in [6.07, 6.45) is 5.27. The van der Waals surface area contributed by atoms with E-state index in [9.17, 15) is 4.79 Å². The first-order valence-electron chi connectivity index (χ1n) is 9.37. The number of aryl methyl sites for hydroxylation is 1. The van der Waals surface area contributed by atoms with Crippen LogP contribution in [0.2, 0.25) is 0 Å². The van der Waals surface area contributed by atoms with Gasteiger partial charge in [-0.3, -0.25) is 9.69 Å². The quantitative estimate of drug-likeness (QED) is 0.694. The van der Waals surface area contributed by atoms with Crippen LogP contribution >= 0.6 is 0 Å². The topological polar surface area (TPSA) is 50.8 Å². The molecule has 1 saturated heterocycles. The van der Waals surface area contributed by atoms with Gasteiger partial charge in [0.15, 0.2) is 0 Å². The molecule has 5 heteroatoms. The number of rotatable bonds is 9. The van der Waals surface area contributed by atoms with Gasteiger partial charge >= 0.3 is 0 Å². The number of carbonyl (C=O) groups is 1. The summed E-state index contributed by atoms with van der Waals surface area (Å²) in [5.41, 5.74) is 4.40. The molecule has 1 aromatic carbocycles. The van der Waals surface area contributed by atoms with E-state index in [1.54, 1.807) is 7.11 Å². The molecule has 0 radical (unpaired) electrons. The van der Waals surface area contributed by atoms with E-state index in [4.69, 9.17) is 9.47 Å². The summed E-state index contributed by atoms with van der Waals surface area (Å²) in [6, 6.07) is 2.03. The van der Waals surface area contributed by atoms with Gasteiger partial charge in [-0.1, -0.05) is 13.3 Å². The minimum atomic E-state index is 0.392. The van der Waals surface area contributed by atoms with Gasteiger partial charge in [-0.25, -0.2) is 0 Å². The summed E-state index contributed by atoms with van der Waals surface area (Å²) in [4.78, 5) is 13.5. The molecule has 1 heterocycles. The van der Waals surface area contributed by atoms with E-state index >= 15 is 0 Å². The third kappa shape index (κ3) is 4.95. The van der Waals surface area contributed by atoms with E-state index in [0.29, 0.717) is 6.10 Å². The van der Waals surface area contributed by atoms with Gasteiger partial charge < -0.3 is 14.8 Å². The van der Waals surface area contributed by atoms with Crippen LogP contribution in [-0.4, -0.2) is 44.2 Å². The Morgan fingerprint density at radius 3 is 2.56 bits per heavy atom. The lowest BCUT2D eigenvalue weighted by Gasteiger charge is -2.33. The first-order chi connectivity index (χ1) is 12.1. The van der Waals surface area contributed by atoms with E-state index in [-0.39, 0.29) is 0 Å². The third-order valence-electron chi connectivity index (χ3n) is 4.95. The van der Waals surface area contributed by atoms with Crippen molar-refractivity contribution >= 4 is 12.1 Å². The highest BCUT2D eigenvalue weighted by Gasteiger charge is 2.23. The zero-order valence-corrected chi connectivity index (χ0v) is 16.1. The lowest BCUT2D eigenvalue weighted by Crippen LogP contribution is -2.37. The second kappa shape index (κ2) is 9.78. The highest BCUT2D eigenvalue weighted by molar-refractivity contribution is 5.77. The van der Waals surface area contributed by atoms with Gasteiger partial charge in [0.05, 0.1) is 13.2 Å². The van der Waals surface area contributed by atoms with Crippen LogP contribution < -0.4 is 10.1 Å². The number of hydrogen-bond donors (Lipinski definition) is 1. The highest BCUT2D eigenvalue weighted by atomic mass is 16.5. The normalized spacial score (nSPS) is 16.0. The molecule has 1 fully saturated rings. The maximum atomic E-state index is 11.1. The molecule has 2 rings (SSSR count). The molecular formula is C20H32N2O3. The molecule has 0 aromatic heterocycles. The molecule has 1 amide bonds. The van der Waals surface area contributed by atoms with Crippen LogP contribution in [0.3, 0.4) is 0 Å². The number of hydrogen-bond acceptors (Lipinski definition) is 4. The number of amides is 1. The largest absolute Gasteiger partial charge is 0.496 e. The maximum absolute atomic E-state index is 11.1. The third-order valence-corrected chi connectivity index (χ3v) is 4.95. The van der Waals surface area contributed by atoms with Crippen molar-refractivity contribution in [1.82, 2.24) is 4.90 Å². The number of nitrogens with zero attached hydrogens (tertiary/aromatic N) is 1. The molecule has 140 valence electrons. The molecule has 25 heavy (non-hydrogen) atoms. The minimum absolute atomic E-state index is 0.392. The summed E-state index contributed by atoms with van der Waals surface area (Å²) in [7, 11) is 1.72. The molecule has 0 unspecified atom stereocenters. The average Bonchev–Trinajstić information content (AvgIpc) is 2.62. The Kier molecular flexibility index (Phi) is 7.72. The number of methoxy groups -OCH3 is 1. The van der Waals surface area contributed by atoms with Gasteiger partial charge in [0.25, 0.3) is 0 Å². The van der Waals surface area contributed by atoms with Crippen molar-refractivity contribution in [2.24, 2.45) is 0 Å². The van der Waals surface area contributed by atoms with E-state index in [2.05, 4.69) is 24.1 Å². The Morgan fingerprint density at radius 2 is 2.00 bits per heavy atom. The number of anilines is 1. The van der Waals surface area contributed by atoms with Crippen LogP contribution in [0.25, 0.3) is 0 Å². The fraction of sp³-hybridized carbons (Fsp3) is 0.650. The second-order valence-electron chi connectivity index (χ2n) is 6.67. The molecule has 0 saturated carbocycles. The zero-order valence-electron chi connectivity index (χ0n) is 16.1. The van der Waals surface area contributed by atoms with E-state index in [0.717, 1.165) is 75.3 Å². The van der Waals surface area contributed by atoms with E-state index < -0.39 is 0 Å². The predicted molar refractivity (Wildman–Crippen MR) is 101 cm³/mol. The van der Waals surface area contributed by atoms with Crippen molar-refractivity contribution in [3.63, 3.8) is 0 Å². The maximum Gasteiger partial charge on any atom is 0.211 e. The van der Waals surface area contributed by atoms with Crippen LogP contribution in [0, 0.1) is 6.92 Å². The number of likely N-dealkylation sites (tertiary alicyclic amines) is 1. The lowest BCUT2D eigenvalue weighted by atomic mass is 9.95. The molecule has 0 aliphatic carbocycles. The second-order valence-corrected chi connectivity index (χ2v) is 6.67. The SMILES string of the molecule is CCCc1c(CN2CCC(OCC)CC2)c(OC)cc(C)c1NC=O. The van der Waals surface area contributed by atoms with Crippen LogP contribution in [0.4, 0.5) is 5.69 Å². The molecule has 1 aromatic rings. The summed E-state index contributed by atoms with van der Waals surface area (Å²) < 4.78 is 11.4.